The van der Waals surface area contributed by atoms with Crippen LogP contribution in [0.3, 0.4) is 0 Å². The lowest BCUT2D eigenvalue weighted by atomic mass is 9.99. The number of rotatable bonds is 19. The van der Waals surface area contributed by atoms with Crippen molar-refractivity contribution in [1.82, 2.24) is 54.7 Å². The van der Waals surface area contributed by atoms with Gasteiger partial charge in [0.2, 0.25) is 11.8 Å². The monoisotopic (exact) mass is 1030 g/mol. The van der Waals surface area contributed by atoms with Crippen LogP contribution in [0.15, 0.2) is 96.2 Å². The first kappa shape index (κ1) is 51.6. The minimum Gasteiger partial charge on any atom is -0.357 e. The number of hydrogen-bond acceptors (Lipinski definition) is 16. The molecule has 4 atom stereocenters. The van der Waals surface area contributed by atoms with E-state index in [0.29, 0.717) is 83.8 Å². The first-order chi connectivity index (χ1) is 35.9. The van der Waals surface area contributed by atoms with Crippen molar-refractivity contribution in [2.24, 2.45) is 5.73 Å². The summed E-state index contributed by atoms with van der Waals surface area (Å²) in [5.74, 6) is 1.17. The summed E-state index contributed by atoms with van der Waals surface area (Å²) in [7, 11) is 3.27. The third kappa shape index (κ3) is 11.0. The maximum atomic E-state index is 13.5. The molecule has 20 heteroatoms. The third-order valence-electron chi connectivity index (χ3n) is 13.9. The second-order valence-electron chi connectivity index (χ2n) is 18.6. The molecule has 8 aromatic rings. The van der Waals surface area contributed by atoms with E-state index in [1.807, 2.05) is 88.4 Å². The van der Waals surface area contributed by atoms with Crippen molar-refractivity contribution in [1.29, 1.82) is 0 Å². The molecule has 74 heavy (non-hydrogen) atoms. The average Bonchev–Trinajstić information content (AvgIpc) is 4.25. The summed E-state index contributed by atoms with van der Waals surface area (Å²) in [5, 5.41) is 18.5. The van der Waals surface area contributed by atoms with Crippen molar-refractivity contribution in [3.8, 4) is 43.7 Å². The summed E-state index contributed by atoms with van der Waals surface area (Å²) in [5.41, 5.74) is 12.8. The highest BCUT2D eigenvalue weighted by Crippen LogP contribution is 2.35. The number of fused-ring (bicyclic) bond motifs is 2. The molecule has 0 aliphatic carbocycles. The molecule has 2 amide bonds. The van der Waals surface area contributed by atoms with E-state index in [1.165, 1.54) is 0 Å². The van der Waals surface area contributed by atoms with E-state index in [0.717, 1.165) is 64.6 Å². The van der Waals surface area contributed by atoms with Gasteiger partial charge in [0.05, 0.1) is 56.1 Å². The Morgan fingerprint density at radius 3 is 1.50 bits per heavy atom. The van der Waals surface area contributed by atoms with Crippen LogP contribution in [-0.4, -0.2) is 132 Å². The first-order valence-electron chi connectivity index (χ1n) is 25.2. The Kier molecular flexibility index (Phi) is 16.0. The molecule has 2 aliphatic heterocycles. The molecule has 2 saturated heterocycles. The van der Waals surface area contributed by atoms with Gasteiger partial charge in [-0.1, -0.05) is 26.0 Å². The standard InChI is InChI=1S/C29H35N7O2S.C25H27N7O2S/c1-5-34(6-2)19(3)9-10-25(37)20-16-23(32-27(17-20)35-13-12-24(35)29(38)30-4)21-18-31-36-14-11-22(33-28(21)36)26-8-7-15-39-26;1-15(26)5-6-21(33)16-12-19(29-23(13-16)31-9-8-20(31)25(34)27-2)17-14-28-32-10-7-18(30-24(17)32)22-4-3-11-35-22/h7-8,11,14-19,24H,5-6,9-10,12-13H2,1-4H3,(H,30,38);3-4,7,10-15,20H,5-6,8-9,26H2,1-2H3,(H,27,34)/t19-,24-;15-,20-/m00/s1. The normalized spacial score (nSPS) is 16.1. The van der Waals surface area contributed by atoms with Gasteiger partial charge < -0.3 is 31.1 Å². The van der Waals surface area contributed by atoms with Crippen LogP contribution >= 0.6 is 22.7 Å². The average molecular weight is 1040 g/mol. The van der Waals surface area contributed by atoms with Crippen LogP contribution < -0.4 is 26.2 Å². The topological polar surface area (TPSA) is 214 Å². The Bertz CT molecular complexity index is 3280. The highest BCUT2D eigenvalue weighted by atomic mass is 32.1. The Morgan fingerprint density at radius 2 is 1.12 bits per heavy atom. The lowest BCUT2D eigenvalue weighted by Gasteiger charge is -2.40. The minimum atomic E-state index is -0.303. The van der Waals surface area contributed by atoms with Crippen LogP contribution in [-0.2, 0) is 9.59 Å². The summed E-state index contributed by atoms with van der Waals surface area (Å²) < 4.78 is 3.43. The zero-order chi connectivity index (χ0) is 52.0. The summed E-state index contributed by atoms with van der Waals surface area (Å²) >= 11 is 3.25. The van der Waals surface area contributed by atoms with Crippen molar-refractivity contribution in [3.05, 3.63) is 107 Å². The lowest BCUT2D eigenvalue weighted by molar-refractivity contribution is -0.123. The number of amides is 2. The van der Waals surface area contributed by atoms with Crippen molar-refractivity contribution >= 4 is 69.0 Å². The Balaban J connectivity index is 0.000000183. The highest BCUT2D eigenvalue weighted by molar-refractivity contribution is 7.13. The summed E-state index contributed by atoms with van der Waals surface area (Å²) in [6.45, 7) is 11.7. The molecule has 18 nitrogen and oxygen atoms in total. The van der Waals surface area contributed by atoms with Gasteiger partial charge in [-0.15, -0.1) is 22.7 Å². The molecule has 2 fully saturated rings. The molecule has 0 bridgehead atoms. The van der Waals surface area contributed by atoms with Crippen LogP contribution in [0, 0.1) is 0 Å². The van der Waals surface area contributed by atoms with E-state index >= 15 is 0 Å². The number of ketones is 2. The molecule has 0 aromatic carbocycles. The van der Waals surface area contributed by atoms with Crippen LogP contribution in [0.4, 0.5) is 11.6 Å². The summed E-state index contributed by atoms with van der Waals surface area (Å²) in [6.07, 6.45) is 10.9. The molecule has 10 rings (SSSR count). The fourth-order valence-electron chi connectivity index (χ4n) is 9.36. The molecule has 0 unspecified atom stereocenters. The van der Waals surface area contributed by atoms with Crippen LogP contribution in [0.1, 0.15) is 86.9 Å². The number of nitrogens with two attached hydrogens (primary N) is 1. The number of carbonyl (C=O) groups is 4. The third-order valence-corrected chi connectivity index (χ3v) is 15.7. The number of aromatic nitrogens is 8. The second kappa shape index (κ2) is 22.9. The van der Waals surface area contributed by atoms with Crippen LogP contribution in [0.25, 0.3) is 55.0 Å². The van der Waals surface area contributed by atoms with Gasteiger partial charge in [-0.3, -0.25) is 19.2 Å². The van der Waals surface area contributed by atoms with E-state index in [-0.39, 0.29) is 41.5 Å². The smallest absolute Gasteiger partial charge is 0.242 e. The molecule has 8 aromatic heterocycles. The number of anilines is 2. The van der Waals surface area contributed by atoms with Gasteiger partial charge in [0.1, 0.15) is 23.7 Å². The van der Waals surface area contributed by atoms with Gasteiger partial charge in [0.15, 0.2) is 22.9 Å². The van der Waals surface area contributed by atoms with Gasteiger partial charge in [0, 0.05) is 75.6 Å². The SMILES string of the molecule is CCN(CC)[C@@H](C)CCC(=O)c1cc(-c2cnn3ccc(-c4cccs4)nc23)nc(N2CC[C@H]2C(=O)NC)c1.CNC(=O)[C@@H]1CCN1c1cc(C(=O)CC[C@H](C)N)cc(-c2cnn3ccc(-c4cccs4)nc23)n1. The molecule has 10 heterocycles. The van der Waals surface area contributed by atoms with E-state index in [2.05, 4.69) is 46.5 Å². The first-order valence-corrected chi connectivity index (χ1v) is 27.0. The number of thiophene rings is 2. The Labute approximate surface area is 438 Å². The number of nitrogens with one attached hydrogen (secondary N) is 2. The predicted octanol–water partition coefficient (Wildman–Crippen LogP) is 7.69. The van der Waals surface area contributed by atoms with E-state index in [1.54, 1.807) is 70.3 Å². The Hall–Kier alpha value is -7.26. The number of carbonyl (C=O) groups excluding carboxylic acids is 4. The number of nitrogens with zero attached hydrogens (tertiary/aromatic N) is 11. The van der Waals surface area contributed by atoms with Crippen molar-refractivity contribution in [2.45, 2.75) is 90.4 Å². The number of pyridine rings is 2. The van der Waals surface area contributed by atoms with Crippen molar-refractivity contribution in [2.75, 3.05) is 50.1 Å². The molecular weight excluding hydrogens is 973 g/mol. The van der Waals surface area contributed by atoms with Crippen molar-refractivity contribution in [3.63, 3.8) is 0 Å². The van der Waals surface area contributed by atoms with Gasteiger partial charge in [-0.25, -0.2) is 29.0 Å². The van der Waals surface area contributed by atoms with Gasteiger partial charge in [-0.05, 0) is 112 Å². The number of Topliss-reactive ketones (excluding diaryl/α,β-unsaturated/α-hetero) is 2. The van der Waals surface area contributed by atoms with E-state index in [9.17, 15) is 19.2 Å². The molecular formula is C54H62N14O4S2. The van der Waals surface area contributed by atoms with Crippen molar-refractivity contribution < 1.29 is 19.2 Å². The van der Waals surface area contributed by atoms with Gasteiger partial charge in [-0.2, -0.15) is 10.2 Å². The molecule has 0 radical (unpaired) electrons. The lowest BCUT2D eigenvalue weighted by Crippen LogP contribution is -2.56. The van der Waals surface area contributed by atoms with Gasteiger partial charge in [0.25, 0.3) is 0 Å². The van der Waals surface area contributed by atoms with Crippen LogP contribution in [0.5, 0.6) is 0 Å². The van der Waals surface area contributed by atoms with Crippen LogP contribution in [0.2, 0.25) is 0 Å². The van der Waals surface area contributed by atoms with E-state index < -0.39 is 0 Å². The molecule has 384 valence electrons. The van der Waals surface area contributed by atoms with E-state index in [4.69, 9.17) is 25.7 Å². The molecule has 2 aliphatic rings. The Morgan fingerprint density at radius 1 is 0.662 bits per heavy atom. The quantitative estimate of drug-likeness (QED) is 0.0663. The molecule has 0 saturated carbocycles. The zero-order valence-electron chi connectivity index (χ0n) is 42.6. The summed E-state index contributed by atoms with van der Waals surface area (Å²) in [4.78, 5) is 79.3. The maximum Gasteiger partial charge on any atom is 0.242 e. The summed E-state index contributed by atoms with van der Waals surface area (Å²) in [6, 6.07) is 18.8. The number of likely N-dealkylation sites (N-methyl/N-ethyl adjacent to an activating group) is 2. The fraction of sp³-hybridized carbons (Fsp3) is 0.370. The minimum absolute atomic E-state index is 0.00655. The number of hydrogen-bond donors (Lipinski definition) is 3. The molecule has 4 N–H and O–H groups in total. The maximum absolute atomic E-state index is 13.5. The molecule has 0 spiro atoms. The fourth-order valence-corrected chi connectivity index (χ4v) is 10.8. The zero-order valence-corrected chi connectivity index (χ0v) is 44.2. The predicted molar refractivity (Wildman–Crippen MR) is 292 cm³/mol. The second-order valence-corrected chi connectivity index (χ2v) is 20.5. The van der Waals surface area contributed by atoms with Gasteiger partial charge >= 0.3 is 0 Å². The largest absolute Gasteiger partial charge is 0.357 e. The highest BCUT2D eigenvalue weighted by Gasteiger charge is 2.37.